The van der Waals surface area contributed by atoms with Crippen molar-refractivity contribution in [1.82, 2.24) is 4.90 Å². The number of amides is 1. The third kappa shape index (κ3) is 2.16. The number of aliphatic carboxylic acids is 1. The van der Waals surface area contributed by atoms with Gasteiger partial charge in [0.25, 0.3) is 0 Å². The molecular formula is C11H16N2O4S2. The van der Waals surface area contributed by atoms with E-state index in [4.69, 9.17) is 5.14 Å². The van der Waals surface area contributed by atoms with Crippen LogP contribution < -0.4 is 5.14 Å². The summed E-state index contributed by atoms with van der Waals surface area (Å²) in [4.78, 5) is 24.7. The van der Waals surface area contributed by atoms with Crippen LogP contribution in [0.2, 0.25) is 0 Å². The number of carboxylic acids is 1. The second-order valence-corrected chi connectivity index (χ2v) is 6.61. The number of aliphatic hydroxyl groups excluding tert-OH is 1. The minimum atomic E-state index is -1.11. The van der Waals surface area contributed by atoms with Gasteiger partial charge >= 0.3 is 5.97 Å². The second kappa shape index (κ2) is 5.35. The largest absolute Gasteiger partial charge is 0.477 e. The van der Waals surface area contributed by atoms with E-state index in [9.17, 15) is 19.8 Å². The van der Waals surface area contributed by atoms with Crippen LogP contribution in [0.1, 0.15) is 13.3 Å². The quantitative estimate of drug-likeness (QED) is 0.379. The van der Waals surface area contributed by atoms with Crippen molar-refractivity contribution in [3.8, 4) is 0 Å². The zero-order valence-corrected chi connectivity index (χ0v) is 12.2. The third-order valence-corrected chi connectivity index (χ3v) is 5.74. The molecule has 2 aliphatic heterocycles. The van der Waals surface area contributed by atoms with E-state index in [2.05, 4.69) is 0 Å². The maximum atomic E-state index is 12.0. The summed E-state index contributed by atoms with van der Waals surface area (Å²) in [6, 6.07) is -0.240. The van der Waals surface area contributed by atoms with Crippen molar-refractivity contribution in [2.75, 3.05) is 6.26 Å². The first-order valence-corrected chi connectivity index (χ1v) is 8.02. The fourth-order valence-electron chi connectivity index (χ4n) is 2.79. The highest BCUT2D eigenvalue weighted by atomic mass is 32.2. The standard InChI is InChI=1S/C11H16N2O4S2/c1-4(14)7-6-3-5(11(18-2)19-12)8(10(16)17)13(6)9(7)15/h4,6-7,11,14H,3,12H2,1-2H3,(H,16,17). The topological polar surface area (TPSA) is 104 Å². The highest BCUT2D eigenvalue weighted by Gasteiger charge is 2.57. The van der Waals surface area contributed by atoms with Crippen molar-refractivity contribution < 1.29 is 19.8 Å². The van der Waals surface area contributed by atoms with E-state index in [1.54, 1.807) is 6.92 Å². The summed E-state index contributed by atoms with van der Waals surface area (Å²) in [7, 11) is 0. The predicted molar refractivity (Wildman–Crippen MR) is 74.2 cm³/mol. The van der Waals surface area contributed by atoms with Crippen LogP contribution in [-0.2, 0) is 9.59 Å². The van der Waals surface area contributed by atoms with E-state index in [-0.39, 0.29) is 22.2 Å². The number of thioether (sulfide) groups is 1. The van der Waals surface area contributed by atoms with E-state index in [1.165, 1.54) is 16.7 Å². The van der Waals surface area contributed by atoms with Gasteiger partial charge in [-0.25, -0.2) is 4.79 Å². The molecule has 2 aliphatic rings. The molecule has 0 aromatic carbocycles. The van der Waals surface area contributed by atoms with Crippen LogP contribution in [0, 0.1) is 5.92 Å². The predicted octanol–water partition coefficient (Wildman–Crippen LogP) is 0.233. The van der Waals surface area contributed by atoms with Crippen LogP contribution in [0.3, 0.4) is 0 Å². The van der Waals surface area contributed by atoms with Gasteiger partial charge in [0, 0.05) is 0 Å². The van der Waals surface area contributed by atoms with Crippen LogP contribution in [0.5, 0.6) is 0 Å². The smallest absolute Gasteiger partial charge is 0.352 e. The van der Waals surface area contributed by atoms with Gasteiger partial charge in [-0.2, -0.15) is 0 Å². The normalized spacial score (nSPS) is 29.1. The van der Waals surface area contributed by atoms with E-state index >= 15 is 0 Å². The Bertz CT molecular complexity index is 448. The molecule has 0 bridgehead atoms. The van der Waals surface area contributed by atoms with Crippen molar-refractivity contribution >= 4 is 35.6 Å². The number of nitrogens with zero attached hydrogens (tertiary/aromatic N) is 1. The van der Waals surface area contributed by atoms with Gasteiger partial charge in [-0.05, 0) is 25.2 Å². The second-order valence-electron chi connectivity index (χ2n) is 4.63. The van der Waals surface area contributed by atoms with Gasteiger partial charge in [0.1, 0.15) is 5.70 Å². The van der Waals surface area contributed by atoms with E-state index in [0.29, 0.717) is 12.0 Å². The average molecular weight is 304 g/mol. The van der Waals surface area contributed by atoms with Crippen LogP contribution in [0.25, 0.3) is 0 Å². The first-order chi connectivity index (χ1) is 8.93. The molecule has 0 aromatic rings. The summed E-state index contributed by atoms with van der Waals surface area (Å²) in [6.07, 6.45) is 1.56. The number of rotatable bonds is 5. The lowest BCUT2D eigenvalue weighted by atomic mass is 9.83. The van der Waals surface area contributed by atoms with Gasteiger partial charge in [0.05, 0.1) is 22.6 Å². The van der Waals surface area contributed by atoms with E-state index in [1.807, 2.05) is 6.26 Å². The maximum Gasteiger partial charge on any atom is 0.352 e. The molecule has 0 aromatic heterocycles. The molecule has 0 aliphatic carbocycles. The van der Waals surface area contributed by atoms with Crippen molar-refractivity contribution in [3.05, 3.63) is 11.3 Å². The molecule has 8 heteroatoms. The molecule has 1 saturated heterocycles. The molecule has 1 amide bonds. The Labute approximate surface area is 119 Å². The number of carbonyl (C=O) groups is 2. The first-order valence-electron chi connectivity index (χ1n) is 5.79. The Hall–Kier alpha value is -0.700. The fourth-order valence-corrected chi connectivity index (χ4v) is 4.10. The molecular weight excluding hydrogens is 288 g/mol. The minimum absolute atomic E-state index is 0.0456. The summed E-state index contributed by atoms with van der Waals surface area (Å²) in [5.74, 6) is -1.92. The molecule has 19 heavy (non-hydrogen) atoms. The highest BCUT2D eigenvalue weighted by Crippen LogP contribution is 2.47. The zero-order chi connectivity index (χ0) is 14.3. The number of aliphatic hydroxyl groups is 1. The summed E-state index contributed by atoms with van der Waals surface area (Å²) in [6.45, 7) is 1.56. The van der Waals surface area contributed by atoms with Crippen LogP contribution >= 0.6 is 23.7 Å². The first kappa shape index (κ1) is 14.7. The molecule has 2 heterocycles. The molecule has 106 valence electrons. The van der Waals surface area contributed by atoms with Crippen molar-refractivity contribution in [1.29, 1.82) is 0 Å². The Kier molecular flexibility index (Phi) is 4.14. The molecule has 6 nitrogen and oxygen atoms in total. The van der Waals surface area contributed by atoms with Gasteiger partial charge in [0.2, 0.25) is 5.91 Å². The summed E-state index contributed by atoms with van der Waals surface area (Å²) >= 11 is 2.52. The molecule has 0 saturated carbocycles. The van der Waals surface area contributed by atoms with Crippen LogP contribution in [0.4, 0.5) is 0 Å². The SMILES string of the molecule is CSC(SN)C1=C(C(=O)O)N2C(=O)C(C(C)O)C2C1. The van der Waals surface area contributed by atoms with Crippen LogP contribution in [-0.4, -0.2) is 50.0 Å². The van der Waals surface area contributed by atoms with Gasteiger partial charge in [0.15, 0.2) is 0 Å². The lowest BCUT2D eigenvalue weighted by Crippen LogP contribution is -2.61. The molecule has 4 N–H and O–H groups in total. The number of hydrogen-bond acceptors (Lipinski definition) is 6. The molecule has 4 unspecified atom stereocenters. The molecule has 0 radical (unpaired) electrons. The number of hydrogen-bond donors (Lipinski definition) is 3. The van der Waals surface area contributed by atoms with Crippen molar-refractivity contribution in [3.63, 3.8) is 0 Å². The van der Waals surface area contributed by atoms with Gasteiger partial charge in [-0.1, -0.05) is 11.9 Å². The number of fused-ring (bicyclic) bond motifs is 1. The Balaban J connectivity index is 2.34. The Morgan fingerprint density at radius 1 is 1.58 bits per heavy atom. The van der Waals surface area contributed by atoms with E-state index in [0.717, 1.165) is 11.9 Å². The molecule has 0 spiro atoms. The molecule has 1 fully saturated rings. The average Bonchev–Trinajstić information content (AvgIpc) is 2.66. The number of nitrogens with two attached hydrogens (primary N) is 1. The lowest BCUT2D eigenvalue weighted by Gasteiger charge is -2.44. The summed E-state index contributed by atoms with van der Waals surface area (Å²) in [5, 5.41) is 24.5. The van der Waals surface area contributed by atoms with E-state index < -0.39 is 18.0 Å². The van der Waals surface area contributed by atoms with Gasteiger partial charge in [-0.3, -0.25) is 9.93 Å². The maximum absolute atomic E-state index is 12.0. The number of carbonyl (C=O) groups excluding carboxylic acids is 1. The fraction of sp³-hybridized carbons (Fsp3) is 0.636. The summed E-state index contributed by atoms with van der Waals surface area (Å²) < 4.78 is -0.181. The monoisotopic (exact) mass is 304 g/mol. The van der Waals surface area contributed by atoms with Crippen molar-refractivity contribution in [2.45, 2.75) is 30.1 Å². The van der Waals surface area contributed by atoms with Gasteiger partial charge in [-0.15, -0.1) is 11.8 Å². The molecule has 2 rings (SSSR count). The Morgan fingerprint density at radius 2 is 2.21 bits per heavy atom. The van der Waals surface area contributed by atoms with Crippen molar-refractivity contribution in [2.24, 2.45) is 11.1 Å². The zero-order valence-electron chi connectivity index (χ0n) is 10.6. The van der Waals surface area contributed by atoms with Gasteiger partial charge < -0.3 is 15.1 Å². The third-order valence-electron chi connectivity index (χ3n) is 3.59. The highest BCUT2D eigenvalue weighted by molar-refractivity contribution is 8.16. The number of β-lactam (4-membered cyclic amide) rings is 1. The minimum Gasteiger partial charge on any atom is -0.477 e. The molecule has 4 atom stereocenters. The Morgan fingerprint density at radius 3 is 2.63 bits per heavy atom. The number of carboxylic acid groups (broad SMARTS) is 1. The lowest BCUT2D eigenvalue weighted by molar-refractivity contribution is -0.161. The summed E-state index contributed by atoms with van der Waals surface area (Å²) in [5.41, 5.74) is 0.721. The van der Waals surface area contributed by atoms with Crippen LogP contribution in [0.15, 0.2) is 11.3 Å².